The Kier molecular flexibility index (Phi) is 4.68. The summed E-state index contributed by atoms with van der Waals surface area (Å²) in [6, 6.07) is 6.11. The molecule has 0 fully saturated rings. The molecule has 5 heteroatoms. The molecule has 0 saturated heterocycles. The first kappa shape index (κ1) is 13.4. The predicted octanol–water partition coefficient (Wildman–Crippen LogP) is 4.10. The third kappa shape index (κ3) is 4.06. The zero-order valence-electron chi connectivity index (χ0n) is 8.92. The Labute approximate surface area is 97.2 Å². The van der Waals surface area contributed by atoms with Crippen LogP contribution in [0.3, 0.4) is 0 Å². The Morgan fingerprint density at radius 1 is 1.31 bits per heavy atom. The number of rotatable bonds is 4. The molecule has 0 aliphatic heterocycles. The zero-order chi connectivity index (χ0) is 12.2. The summed E-state index contributed by atoms with van der Waals surface area (Å²) in [6.45, 7) is 1.96. The van der Waals surface area contributed by atoms with Crippen molar-refractivity contribution in [3.8, 4) is 0 Å². The molecule has 0 bridgehead atoms. The van der Waals surface area contributed by atoms with Crippen molar-refractivity contribution in [2.24, 2.45) is 5.73 Å². The van der Waals surface area contributed by atoms with E-state index < -0.39 is 5.51 Å². The van der Waals surface area contributed by atoms with Crippen molar-refractivity contribution in [2.75, 3.05) is 0 Å². The van der Waals surface area contributed by atoms with Gasteiger partial charge < -0.3 is 5.73 Å². The maximum Gasteiger partial charge on any atom is 0.446 e. The van der Waals surface area contributed by atoms with Crippen molar-refractivity contribution in [3.63, 3.8) is 0 Å². The first-order valence-corrected chi connectivity index (χ1v) is 5.86. The summed E-state index contributed by atoms with van der Waals surface area (Å²) in [5.41, 5.74) is 2.16. The maximum atomic E-state index is 12.3. The molecule has 0 amide bonds. The molecule has 1 aromatic rings. The van der Waals surface area contributed by atoms with Gasteiger partial charge in [-0.15, -0.1) is 0 Å². The van der Waals surface area contributed by atoms with Crippen LogP contribution in [-0.4, -0.2) is 5.51 Å². The van der Waals surface area contributed by atoms with Gasteiger partial charge in [0.2, 0.25) is 0 Å². The first-order chi connectivity index (χ1) is 7.44. The van der Waals surface area contributed by atoms with E-state index in [1.54, 1.807) is 18.2 Å². The number of benzene rings is 1. The van der Waals surface area contributed by atoms with Gasteiger partial charge in [0.05, 0.1) is 0 Å². The van der Waals surface area contributed by atoms with Crippen molar-refractivity contribution in [1.29, 1.82) is 0 Å². The smallest absolute Gasteiger partial charge is 0.324 e. The van der Waals surface area contributed by atoms with Crippen LogP contribution in [0.1, 0.15) is 31.4 Å². The monoisotopic (exact) mass is 249 g/mol. The second kappa shape index (κ2) is 5.59. The lowest BCUT2D eigenvalue weighted by atomic mass is 10.0. The molecular formula is C11H14F3NS. The molecular weight excluding hydrogens is 235 g/mol. The van der Waals surface area contributed by atoms with Gasteiger partial charge in [0, 0.05) is 10.9 Å². The minimum atomic E-state index is -4.26. The van der Waals surface area contributed by atoms with Crippen LogP contribution in [0.5, 0.6) is 0 Å². The summed E-state index contributed by atoms with van der Waals surface area (Å²) in [7, 11) is 0. The van der Waals surface area contributed by atoms with E-state index in [0.717, 1.165) is 6.42 Å². The number of thioether (sulfide) groups is 1. The highest BCUT2D eigenvalue weighted by Crippen LogP contribution is 2.40. The molecule has 0 unspecified atom stereocenters. The molecule has 1 nitrogen and oxygen atoms in total. The van der Waals surface area contributed by atoms with Crippen molar-refractivity contribution >= 4 is 11.8 Å². The fraction of sp³-hybridized carbons (Fsp3) is 0.455. The Balaban J connectivity index is 2.91. The number of hydrogen-bond acceptors (Lipinski definition) is 2. The van der Waals surface area contributed by atoms with Gasteiger partial charge in [-0.25, -0.2) is 0 Å². The minimum absolute atomic E-state index is 0.0984. The van der Waals surface area contributed by atoms with E-state index in [1.165, 1.54) is 6.07 Å². The molecule has 0 saturated carbocycles. The minimum Gasteiger partial charge on any atom is -0.324 e. The van der Waals surface area contributed by atoms with Crippen molar-refractivity contribution in [1.82, 2.24) is 0 Å². The van der Waals surface area contributed by atoms with Crippen LogP contribution in [0.2, 0.25) is 0 Å². The van der Waals surface area contributed by atoms with E-state index >= 15 is 0 Å². The van der Waals surface area contributed by atoms with Crippen LogP contribution in [0.25, 0.3) is 0 Å². The maximum absolute atomic E-state index is 12.3. The van der Waals surface area contributed by atoms with E-state index in [0.29, 0.717) is 12.0 Å². The SMILES string of the molecule is CCC[C@@H](N)c1ccccc1SC(F)(F)F. The molecule has 0 radical (unpaired) electrons. The van der Waals surface area contributed by atoms with Crippen LogP contribution in [-0.2, 0) is 0 Å². The summed E-state index contributed by atoms with van der Waals surface area (Å²) in [6.07, 6.45) is 1.54. The summed E-state index contributed by atoms with van der Waals surface area (Å²) < 4.78 is 36.9. The number of hydrogen-bond donors (Lipinski definition) is 1. The van der Waals surface area contributed by atoms with Crippen LogP contribution in [0.15, 0.2) is 29.2 Å². The highest BCUT2D eigenvalue weighted by Gasteiger charge is 2.30. The van der Waals surface area contributed by atoms with Crippen LogP contribution < -0.4 is 5.73 Å². The molecule has 0 aliphatic rings. The Bertz CT molecular complexity index is 338. The molecule has 0 aromatic heterocycles. The summed E-state index contributed by atoms with van der Waals surface area (Å²) in [4.78, 5) is 0.205. The van der Waals surface area contributed by atoms with Gasteiger partial charge in [-0.1, -0.05) is 31.5 Å². The van der Waals surface area contributed by atoms with E-state index in [4.69, 9.17) is 5.73 Å². The third-order valence-electron chi connectivity index (χ3n) is 2.14. The largest absolute Gasteiger partial charge is 0.446 e. The topological polar surface area (TPSA) is 26.0 Å². The molecule has 1 atom stereocenters. The van der Waals surface area contributed by atoms with Crippen molar-refractivity contribution in [2.45, 2.75) is 36.2 Å². The van der Waals surface area contributed by atoms with Gasteiger partial charge in [-0.3, -0.25) is 0 Å². The Morgan fingerprint density at radius 2 is 1.94 bits per heavy atom. The molecule has 0 aliphatic carbocycles. The fourth-order valence-corrected chi connectivity index (χ4v) is 2.20. The highest BCUT2D eigenvalue weighted by molar-refractivity contribution is 8.00. The normalized spacial score (nSPS) is 13.8. The second-order valence-electron chi connectivity index (χ2n) is 3.48. The lowest BCUT2D eigenvalue weighted by molar-refractivity contribution is -0.0328. The molecule has 2 N–H and O–H groups in total. The Hall–Kier alpha value is -0.680. The third-order valence-corrected chi connectivity index (χ3v) is 2.97. The van der Waals surface area contributed by atoms with Crippen molar-refractivity contribution < 1.29 is 13.2 Å². The molecule has 1 aromatic carbocycles. The number of halogens is 3. The number of nitrogens with two attached hydrogens (primary N) is 1. The molecule has 90 valence electrons. The van der Waals surface area contributed by atoms with Gasteiger partial charge in [-0.2, -0.15) is 13.2 Å². The average Bonchev–Trinajstić information content (AvgIpc) is 2.16. The second-order valence-corrected chi connectivity index (χ2v) is 4.59. The quantitative estimate of drug-likeness (QED) is 0.813. The van der Waals surface area contributed by atoms with Crippen LogP contribution in [0, 0.1) is 0 Å². The first-order valence-electron chi connectivity index (χ1n) is 5.04. The van der Waals surface area contributed by atoms with E-state index in [2.05, 4.69) is 0 Å². The lowest BCUT2D eigenvalue weighted by Crippen LogP contribution is -2.12. The van der Waals surface area contributed by atoms with Crippen LogP contribution >= 0.6 is 11.8 Å². The average molecular weight is 249 g/mol. The molecule has 0 spiro atoms. The highest BCUT2D eigenvalue weighted by atomic mass is 32.2. The van der Waals surface area contributed by atoms with Gasteiger partial charge >= 0.3 is 5.51 Å². The standard InChI is InChI=1S/C11H14F3NS/c1-2-5-9(15)8-6-3-4-7-10(8)16-11(12,13)14/h3-4,6-7,9H,2,5,15H2,1H3/t9-/m1/s1. The van der Waals surface area contributed by atoms with Crippen molar-refractivity contribution in [3.05, 3.63) is 29.8 Å². The van der Waals surface area contributed by atoms with Gasteiger partial charge in [0.1, 0.15) is 0 Å². The summed E-state index contributed by atoms with van der Waals surface area (Å²) >= 11 is -0.0984. The van der Waals surface area contributed by atoms with Gasteiger partial charge in [-0.05, 0) is 29.8 Å². The Morgan fingerprint density at radius 3 is 2.50 bits per heavy atom. The number of alkyl halides is 3. The molecule has 1 rings (SSSR count). The summed E-state index contributed by atoms with van der Waals surface area (Å²) in [5, 5.41) is 0. The van der Waals surface area contributed by atoms with E-state index in [9.17, 15) is 13.2 Å². The van der Waals surface area contributed by atoms with E-state index in [1.807, 2.05) is 6.92 Å². The molecule has 0 heterocycles. The lowest BCUT2D eigenvalue weighted by Gasteiger charge is -2.16. The van der Waals surface area contributed by atoms with E-state index in [-0.39, 0.29) is 22.7 Å². The van der Waals surface area contributed by atoms with Crippen LogP contribution in [0.4, 0.5) is 13.2 Å². The fourth-order valence-electron chi connectivity index (χ4n) is 1.47. The van der Waals surface area contributed by atoms with Gasteiger partial charge in [0.25, 0.3) is 0 Å². The predicted molar refractivity (Wildman–Crippen MR) is 60.2 cm³/mol. The summed E-state index contributed by atoms with van der Waals surface area (Å²) in [5.74, 6) is 0. The molecule has 16 heavy (non-hydrogen) atoms. The zero-order valence-corrected chi connectivity index (χ0v) is 9.74. The van der Waals surface area contributed by atoms with Gasteiger partial charge in [0.15, 0.2) is 0 Å².